The Kier molecular flexibility index (Phi) is 5.47. The number of hydrogen-bond acceptors (Lipinski definition) is 3. The summed E-state index contributed by atoms with van der Waals surface area (Å²) in [4.78, 5) is 12.6. The average Bonchev–Trinajstić information content (AvgIpc) is 2.75. The van der Waals surface area contributed by atoms with E-state index in [0.29, 0.717) is 23.3 Å². The molecule has 156 valence electrons. The molecule has 1 amide bonds. The lowest BCUT2D eigenvalue weighted by molar-refractivity contribution is -0.00692. The molecule has 4 bridgehead atoms. The lowest BCUT2D eigenvalue weighted by atomic mass is 9.54. The van der Waals surface area contributed by atoms with Gasteiger partial charge < -0.3 is 10.1 Å². The van der Waals surface area contributed by atoms with Crippen molar-refractivity contribution in [2.24, 2.45) is 23.7 Å². The van der Waals surface area contributed by atoms with Crippen LogP contribution in [0.5, 0.6) is 5.75 Å². The Labute approximate surface area is 183 Å². The molecule has 0 radical (unpaired) electrons. The molecule has 4 fully saturated rings. The molecule has 4 saturated carbocycles. The van der Waals surface area contributed by atoms with E-state index in [1.54, 1.807) is 12.1 Å². The number of carbonyl (C=O) groups is 1. The van der Waals surface area contributed by atoms with Gasteiger partial charge >= 0.3 is 0 Å². The zero-order chi connectivity index (χ0) is 20.5. The van der Waals surface area contributed by atoms with Gasteiger partial charge in [0.25, 0.3) is 5.91 Å². The largest absolute Gasteiger partial charge is 0.489 e. The van der Waals surface area contributed by atoms with Gasteiger partial charge in [0.2, 0.25) is 0 Å². The Balaban J connectivity index is 1.13. The monoisotopic (exact) mass is 420 g/mol. The van der Waals surface area contributed by atoms with Crippen LogP contribution in [0.2, 0.25) is 0 Å². The minimum absolute atomic E-state index is 0.175. The van der Waals surface area contributed by atoms with E-state index in [9.17, 15) is 4.79 Å². The maximum absolute atomic E-state index is 12.6. The number of thiocarbonyl (C=S) groups is 1. The number of rotatable bonds is 5. The van der Waals surface area contributed by atoms with Crippen LogP contribution in [0.25, 0.3) is 0 Å². The van der Waals surface area contributed by atoms with Crippen molar-refractivity contribution in [1.82, 2.24) is 10.6 Å². The van der Waals surface area contributed by atoms with Gasteiger partial charge in [0, 0.05) is 11.6 Å². The Morgan fingerprint density at radius 2 is 1.53 bits per heavy atom. The number of nitrogens with one attached hydrogen (secondary N) is 2. The molecule has 0 saturated heterocycles. The lowest BCUT2D eigenvalue weighted by Gasteiger charge is -2.54. The van der Waals surface area contributed by atoms with E-state index < -0.39 is 0 Å². The van der Waals surface area contributed by atoms with Crippen molar-refractivity contribution in [3.05, 3.63) is 65.7 Å². The molecule has 5 heteroatoms. The summed E-state index contributed by atoms with van der Waals surface area (Å²) in [6, 6.07) is 17.7. The summed E-state index contributed by atoms with van der Waals surface area (Å²) in [6.45, 7) is 0.506. The molecule has 2 N–H and O–H groups in total. The maximum Gasteiger partial charge on any atom is 0.257 e. The van der Waals surface area contributed by atoms with Crippen LogP contribution in [0.3, 0.4) is 0 Å². The first-order chi connectivity index (χ1) is 14.6. The summed E-state index contributed by atoms with van der Waals surface area (Å²) in [6.07, 6.45) is 6.74. The predicted octanol–water partition coefficient (Wildman–Crippen LogP) is 4.69. The van der Waals surface area contributed by atoms with Crippen LogP contribution >= 0.6 is 12.2 Å². The van der Waals surface area contributed by atoms with Gasteiger partial charge in [-0.1, -0.05) is 30.3 Å². The molecule has 4 aliphatic rings. The van der Waals surface area contributed by atoms with Crippen molar-refractivity contribution in [3.63, 3.8) is 0 Å². The summed E-state index contributed by atoms with van der Waals surface area (Å²) in [5.74, 6) is 3.86. The molecule has 0 atom stereocenters. The molecule has 0 heterocycles. The normalized spacial score (nSPS) is 28.7. The van der Waals surface area contributed by atoms with Crippen molar-refractivity contribution in [1.29, 1.82) is 0 Å². The van der Waals surface area contributed by atoms with E-state index in [4.69, 9.17) is 17.0 Å². The highest BCUT2D eigenvalue weighted by atomic mass is 32.1. The molecule has 0 unspecified atom stereocenters. The average molecular weight is 421 g/mol. The van der Waals surface area contributed by atoms with Crippen LogP contribution in [0, 0.1) is 23.7 Å². The molecular weight excluding hydrogens is 392 g/mol. The molecule has 0 aromatic heterocycles. The Hall–Kier alpha value is -2.40. The standard InChI is InChI=1S/C25H28N2O2S/c28-24(19-6-8-22(9-7-19)29-15-16-4-2-1-3-5-16)27-25(30)26-23-20-11-17-10-18(13-20)14-21(23)12-17/h1-9,17-18,20-21,23H,10-15H2,(H2,26,27,28,30). The van der Waals surface area contributed by atoms with Crippen LogP contribution < -0.4 is 15.4 Å². The van der Waals surface area contributed by atoms with Gasteiger partial charge in [-0.25, -0.2) is 0 Å². The van der Waals surface area contributed by atoms with Gasteiger partial charge in [-0.3, -0.25) is 10.1 Å². The summed E-state index contributed by atoms with van der Waals surface area (Å²) < 4.78 is 5.79. The third-order valence-electron chi connectivity index (χ3n) is 7.12. The van der Waals surface area contributed by atoms with Gasteiger partial charge in [-0.05, 0) is 97.8 Å². The molecule has 4 nitrogen and oxygen atoms in total. The fraction of sp³-hybridized carbons (Fsp3) is 0.440. The van der Waals surface area contributed by atoms with Gasteiger partial charge in [0.1, 0.15) is 12.4 Å². The second kappa shape index (κ2) is 8.38. The van der Waals surface area contributed by atoms with Crippen molar-refractivity contribution < 1.29 is 9.53 Å². The highest BCUT2D eigenvalue weighted by Crippen LogP contribution is 2.53. The number of amides is 1. The fourth-order valence-corrected chi connectivity index (χ4v) is 6.20. The third-order valence-corrected chi connectivity index (χ3v) is 7.34. The van der Waals surface area contributed by atoms with E-state index in [0.717, 1.165) is 35.0 Å². The molecule has 30 heavy (non-hydrogen) atoms. The Morgan fingerprint density at radius 1 is 0.900 bits per heavy atom. The maximum atomic E-state index is 12.6. The molecule has 0 spiro atoms. The molecule has 4 aliphatic carbocycles. The molecule has 2 aromatic carbocycles. The molecular formula is C25H28N2O2S. The van der Waals surface area contributed by atoms with Gasteiger partial charge in [-0.2, -0.15) is 0 Å². The van der Waals surface area contributed by atoms with Gasteiger partial charge in [0.15, 0.2) is 5.11 Å². The van der Waals surface area contributed by atoms with Gasteiger partial charge in [0.05, 0.1) is 0 Å². The highest BCUT2D eigenvalue weighted by molar-refractivity contribution is 7.80. The highest BCUT2D eigenvalue weighted by Gasteiger charge is 2.48. The minimum Gasteiger partial charge on any atom is -0.489 e. The van der Waals surface area contributed by atoms with E-state index in [-0.39, 0.29) is 5.91 Å². The zero-order valence-electron chi connectivity index (χ0n) is 17.1. The second-order valence-electron chi connectivity index (χ2n) is 9.18. The van der Waals surface area contributed by atoms with Crippen LogP contribution in [-0.4, -0.2) is 17.1 Å². The van der Waals surface area contributed by atoms with E-state index >= 15 is 0 Å². The van der Waals surface area contributed by atoms with E-state index in [1.165, 1.54) is 32.1 Å². The summed E-state index contributed by atoms with van der Waals surface area (Å²) in [5.41, 5.74) is 1.69. The first-order valence-electron chi connectivity index (χ1n) is 11.0. The smallest absolute Gasteiger partial charge is 0.257 e. The van der Waals surface area contributed by atoms with Gasteiger partial charge in [-0.15, -0.1) is 0 Å². The van der Waals surface area contributed by atoms with Crippen molar-refractivity contribution in [3.8, 4) is 5.75 Å². The zero-order valence-corrected chi connectivity index (χ0v) is 17.9. The minimum atomic E-state index is -0.175. The molecule has 6 rings (SSSR count). The van der Waals surface area contributed by atoms with Crippen molar-refractivity contribution in [2.75, 3.05) is 0 Å². The SMILES string of the molecule is O=C(NC(=S)NC1C2CC3CC(C2)CC1C3)c1ccc(OCc2ccccc2)cc1. The number of benzene rings is 2. The Morgan fingerprint density at radius 3 is 2.17 bits per heavy atom. The molecule has 2 aromatic rings. The van der Waals surface area contributed by atoms with E-state index in [1.807, 2.05) is 42.5 Å². The van der Waals surface area contributed by atoms with Crippen LogP contribution in [0.4, 0.5) is 0 Å². The predicted molar refractivity (Wildman–Crippen MR) is 121 cm³/mol. The first kappa shape index (κ1) is 19.6. The van der Waals surface area contributed by atoms with Crippen molar-refractivity contribution in [2.45, 2.75) is 44.8 Å². The quantitative estimate of drug-likeness (QED) is 0.689. The van der Waals surface area contributed by atoms with Crippen LogP contribution in [0.1, 0.15) is 48.0 Å². The summed E-state index contributed by atoms with van der Waals surface area (Å²) >= 11 is 5.48. The number of hydrogen-bond donors (Lipinski definition) is 2. The topological polar surface area (TPSA) is 50.4 Å². The third kappa shape index (κ3) is 4.22. The molecule has 0 aliphatic heterocycles. The summed E-state index contributed by atoms with van der Waals surface area (Å²) in [5, 5.41) is 6.82. The Bertz CT molecular complexity index is 885. The fourth-order valence-electron chi connectivity index (χ4n) is 5.97. The van der Waals surface area contributed by atoms with Crippen molar-refractivity contribution >= 4 is 23.2 Å². The lowest BCUT2D eigenvalue weighted by Crippen LogP contribution is -2.57. The summed E-state index contributed by atoms with van der Waals surface area (Å²) in [7, 11) is 0. The second-order valence-corrected chi connectivity index (χ2v) is 9.59. The number of carbonyl (C=O) groups excluding carboxylic acids is 1. The number of ether oxygens (including phenoxy) is 1. The van der Waals surface area contributed by atoms with E-state index in [2.05, 4.69) is 10.6 Å². The van der Waals surface area contributed by atoms with Crippen LogP contribution in [-0.2, 0) is 6.61 Å². The van der Waals surface area contributed by atoms with Crippen LogP contribution in [0.15, 0.2) is 54.6 Å². The first-order valence-corrected chi connectivity index (χ1v) is 11.4.